The molecule has 96 valence electrons. The standard InChI is InChI=1S/C13H20FNOS/c1-10(17(3)16)7-8-15-11(2)12-5-4-6-13(14)9-12/h4-6,9-11,15H,7-8H2,1-3H3/t10-,11-,17-/m0/s1. The Balaban J connectivity index is 2.40. The molecule has 0 spiro atoms. The van der Waals surface area contributed by atoms with E-state index >= 15 is 0 Å². The molecule has 0 bridgehead atoms. The van der Waals surface area contributed by atoms with Crippen molar-refractivity contribution in [3.63, 3.8) is 0 Å². The van der Waals surface area contributed by atoms with Crippen LogP contribution in [0.4, 0.5) is 4.39 Å². The van der Waals surface area contributed by atoms with E-state index in [1.54, 1.807) is 18.4 Å². The molecule has 0 aliphatic carbocycles. The van der Waals surface area contributed by atoms with Gasteiger partial charge in [0.05, 0.1) is 0 Å². The van der Waals surface area contributed by atoms with Crippen molar-refractivity contribution >= 4 is 10.8 Å². The Hall–Kier alpha value is -0.740. The molecule has 1 N–H and O–H groups in total. The summed E-state index contributed by atoms with van der Waals surface area (Å²) in [5, 5.41) is 3.51. The molecule has 0 amide bonds. The van der Waals surface area contributed by atoms with Crippen LogP contribution in [-0.2, 0) is 10.8 Å². The SMILES string of the molecule is C[C@H](NCC[C@H](C)[S@](C)=O)c1cccc(F)c1. The minimum atomic E-state index is -0.773. The Bertz CT molecular complexity index is 383. The summed E-state index contributed by atoms with van der Waals surface area (Å²) in [7, 11) is -0.773. The maximum Gasteiger partial charge on any atom is 0.123 e. The highest BCUT2D eigenvalue weighted by atomic mass is 32.2. The average molecular weight is 257 g/mol. The molecule has 0 saturated carbocycles. The summed E-state index contributed by atoms with van der Waals surface area (Å²) in [6, 6.07) is 6.72. The second-order valence-electron chi connectivity index (χ2n) is 4.33. The molecule has 1 aromatic carbocycles. The van der Waals surface area contributed by atoms with Crippen molar-refractivity contribution in [3.8, 4) is 0 Å². The smallest absolute Gasteiger partial charge is 0.123 e. The third kappa shape index (κ3) is 4.96. The Morgan fingerprint density at radius 2 is 2.12 bits per heavy atom. The van der Waals surface area contributed by atoms with E-state index < -0.39 is 10.8 Å². The van der Waals surface area contributed by atoms with Gasteiger partial charge in [0.1, 0.15) is 5.82 Å². The van der Waals surface area contributed by atoms with Crippen LogP contribution in [0.25, 0.3) is 0 Å². The van der Waals surface area contributed by atoms with Crippen molar-refractivity contribution in [2.24, 2.45) is 0 Å². The molecule has 1 aromatic rings. The van der Waals surface area contributed by atoms with E-state index in [-0.39, 0.29) is 17.1 Å². The van der Waals surface area contributed by atoms with Crippen LogP contribution in [0.15, 0.2) is 24.3 Å². The normalized spacial score (nSPS) is 16.5. The predicted molar refractivity (Wildman–Crippen MR) is 71.0 cm³/mol. The summed E-state index contributed by atoms with van der Waals surface area (Å²) in [6.07, 6.45) is 2.59. The molecule has 4 heteroatoms. The van der Waals surface area contributed by atoms with Gasteiger partial charge < -0.3 is 5.32 Å². The Morgan fingerprint density at radius 1 is 1.41 bits per heavy atom. The van der Waals surface area contributed by atoms with E-state index in [9.17, 15) is 8.60 Å². The van der Waals surface area contributed by atoms with Crippen molar-refractivity contribution in [2.45, 2.75) is 31.6 Å². The second-order valence-corrected chi connectivity index (χ2v) is 6.13. The minimum Gasteiger partial charge on any atom is -0.310 e. The third-order valence-electron chi connectivity index (χ3n) is 2.92. The van der Waals surface area contributed by atoms with Crippen LogP contribution < -0.4 is 5.32 Å². The Labute approximate surface area is 105 Å². The highest BCUT2D eigenvalue weighted by Gasteiger charge is 2.08. The first-order valence-electron chi connectivity index (χ1n) is 5.81. The van der Waals surface area contributed by atoms with Gasteiger partial charge in [-0.1, -0.05) is 19.1 Å². The zero-order chi connectivity index (χ0) is 12.8. The van der Waals surface area contributed by atoms with Gasteiger partial charge in [-0.05, 0) is 37.6 Å². The fourth-order valence-electron chi connectivity index (χ4n) is 1.56. The fraction of sp³-hybridized carbons (Fsp3) is 0.538. The van der Waals surface area contributed by atoms with Gasteiger partial charge in [-0.3, -0.25) is 4.21 Å². The topological polar surface area (TPSA) is 29.1 Å². The average Bonchev–Trinajstić information content (AvgIpc) is 2.28. The van der Waals surface area contributed by atoms with Gasteiger partial charge in [-0.2, -0.15) is 0 Å². The lowest BCUT2D eigenvalue weighted by Crippen LogP contribution is -2.24. The summed E-state index contributed by atoms with van der Waals surface area (Å²) in [6.45, 7) is 4.77. The van der Waals surface area contributed by atoms with E-state index in [0.29, 0.717) is 0 Å². The van der Waals surface area contributed by atoms with E-state index in [1.807, 2.05) is 19.9 Å². The first-order chi connectivity index (χ1) is 8.00. The molecule has 2 nitrogen and oxygen atoms in total. The molecule has 0 saturated heterocycles. The molecule has 0 fully saturated rings. The number of hydrogen-bond acceptors (Lipinski definition) is 2. The molecule has 0 aromatic heterocycles. The maximum atomic E-state index is 13.0. The van der Waals surface area contributed by atoms with Crippen molar-refractivity contribution in [1.29, 1.82) is 0 Å². The van der Waals surface area contributed by atoms with Gasteiger partial charge in [-0.25, -0.2) is 4.39 Å². The number of halogens is 1. The summed E-state index contributed by atoms with van der Waals surface area (Å²) in [5.41, 5.74) is 0.940. The molecular formula is C13H20FNOS. The van der Waals surface area contributed by atoms with Crippen LogP contribution in [-0.4, -0.2) is 22.3 Å². The number of benzene rings is 1. The van der Waals surface area contributed by atoms with Crippen molar-refractivity contribution in [3.05, 3.63) is 35.6 Å². The zero-order valence-electron chi connectivity index (χ0n) is 10.6. The van der Waals surface area contributed by atoms with Crippen LogP contribution >= 0.6 is 0 Å². The molecule has 0 unspecified atom stereocenters. The quantitative estimate of drug-likeness (QED) is 0.849. The van der Waals surface area contributed by atoms with Crippen molar-refractivity contribution in [1.82, 2.24) is 5.32 Å². The lowest BCUT2D eigenvalue weighted by atomic mass is 10.1. The van der Waals surface area contributed by atoms with E-state index in [4.69, 9.17) is 0 Å². The molecule has 0 aliphatic rings. The highest BCUT2D eigenvalue weighted by Crippen LogP contribution is 2.13. The lowest BCUT2D eigenvalue weighted by molar-refractivity contribution is 0.548. The lowest BCUT2D eigenvalue weighted by Gasteiger charge is -2.15. The minimum absolute atomic E-state index is 0.114. The van der Waals surface area contributed by atoms with Crippen molar-refractivity contribution in [2.75, 3.05) is 12.8 Å². The summed E-state index contributed by atoms with van der Waals surface area (Å²) >= 11 is 0. The monoisotopic (exact) mass is 257 g/mol. The Morgan fingerprint density at radius 3 is 2.71 bits per heavy atom. The predicted octanol–water partition coefficient (Wildman–Crippen LogP) is 2.63. The summed E-state index contributed by atoms with van der Waals surface area (Å²) < 4.78 is 24.2. The van der Waals surface area contributed by atoms with E-state index in [0.717, 1.165) is 18.5 Å². The van der Waals surface area contributed by atoms with Gasteiger partial charge in [0.25, 0.3) is 0 Å². The fourth-order valence-corrected chi connectivity index (χ4v) is 2.01. The van der Waals surface area contributed by atoms with Gasteiger partial charge in [-0.15, -0.1) is 0 Å². The molecular weight excluding hydrogens is 237 g/mol. The largest absolute Gasteiger partial charge is 0.310 e. The van der Waals surface area contributed by atoms with E-state index in [2.05, 4.69) is 5.32 Å². The molecule has 0 radical (unpaired) electrons. The van der Waals surface area contributed by atoms with Gasteiger partial charge in [0.2, 0.25) is 0 Å². The number of rotatable bonds is 6. The first kappa shape index (κ1) is 14.3. The van der Waals surface area contributed by atoms with Crippen LogP contribution in [0.3, 0.4) is 0 Å². The molecule has 1 rings (SSSR count). The molecule has 0 heterocycles. The van der Waals surface area contributed by atoms with Crippen LogP contribution in [0.5, 0.6) is 0 Å². The number of nitrogens with one attached hydrogen (secondary N) is 1. The molecule has 3 atom stereocenters. The maximum absolute atomic E-state index is 13.0. The third-order valence-corrected chi connectivity index (χ3v) is 4.29. The highest BCUT2D eigenvalue weighted by molar-refractivity contribution is 7.84. The second kappa shape index (κ2) is 6.87. The van der Waals surface area contributed by atoms with Crippen LogP contribution in [0.1, 0.15) is 31.9 Å². The van der Waals surface area contributed by atoms with E-state index in [1.165, 1.54) is 6.07 Å². The number of hydrogen-bond donors (Lipinski definition) is 1. The van der Waals surface area contributed by atoms with Gasteiger partial charge in [0, 0.05) is 28.3 Å². The summed E-state index contributed by atoms with van der Waals surface area (Å²) in [5.74, 6) is -0.209. The zero-order valence-corrected chi connectivity index (χ0v) is 11.4. The van der Waals surface area contributed by atoms with Gasteiger partial charge >= 0.3 is 0 Å². The summed E-state index contributed by atoms with van der Waals surface area (Å²) in [4.78, 5) is 0. The molecule has 17 heavy (non-hydrogen) atoms. The van der Waals surface area contributed by atoms with Gasteiger partial charge in [0.15, 0.2) is 0 Å². The Kier molecular flexibility index (Phi) is 5.78. The van der Waals surface area contributed by atoms with Crippen molar-refractivity contribution < 1.29 is 8.60 Å². The first-order valence-corrected chi connectivity index (χ1v) is 7.44. The van der Waals surface area contributed by atoms with Crippen LogP contribution in [0, 0.1) is 5.82 Å². The van der Waals surface area contributed by atoms with Crippen LogP contribution in [0.2, 0.25) is 0 Å². The molecule has 0 aliphatic heterocycles.